The van der Waals surface area contributed by atoms with Crippen LogP contribution in [0.5, 0.6) is 0 Å². The molecular formula is C18H27ClN2O2. The van der Waals surface area contributed by atoms with Crippen molar-refractivity contribution in [3.8, 4) is 0 Å². The topological polar surface area (TPSA) is 43.8 Å². The summed E-state index contributed by atoms with van der Waals surface area (Å²) in [6.45, 7) is 6.94. The molecule has 4 nitrogen and oxygen atoms in total. The SMILES string of the molecule is CC(C)[C@@H](CN1CCC(O)CC1)N(C)C(=O)c1ccc(Cl)cc1. The van der Waals surface area contributed by atoms with E-state index < -0.39 is 0 Å². The molecule has 1 heterocycles. The highest BCUT2D eigenvalue weighted by molar-refractivity contribution is 6.30. The van der Waals surface area contributed by atoms with Crippen LogP contribution < -0.4 is 0 Å². The van der Waals surface area contributed by atoms with E-state index in [1.165, 1.54) is 0 Å². The van der Waals surface area contributed by atoms with Crippen LogP contribution >= 0.6 is 11.6 Å². The van der Waals surface area contributed by atoms with Crippen LogP contribution in [0.4, 0.5) is 0 Å². The first-order valence-corrected chi connectivity index (χ1v) is 8.69. The molecule has 0 aliphatic carbocycles. The van der Waals surface area contributed by atoms with E-state index in [4.69, 9.17) is 11.6 Å². The number of amides is 1. The number of carbonyl (C=O) groups excluding carboxylic acids is 1. The van der Waals surface area contributed by atoms with Gasteiger partial charge in [0.25, 0.3) is 5.91 Å². The highest BCUT2D eigenvalue weighted by Crippen LogP contribution is 2.18. The molecule has 1 aliphatic heterocycles. The summed E-state index contributed by atoms with van der Waals surface area (Å²) in [5.41, 5.74) is 0.664. The lowest BCUT2D eigenvalue weighted by Crippen LogP contribution is -2.49. The summed E-state index contributed by atoms with van der Waals surface area (Å²) >= 11 is 5.90. The summed E-state index contributed by atoms with van der Waals surface area (Å²) in [7, 11) is 1.88. The van der Waals surface area contributed by atoms with Gasteiger partial charge in [-0.1, -0.05) is 25.4 Å². The number of rotatable bonds is 5. The molecule has 1 fully saturated rings. The number of benzene rings is 1. The normalized spacial score (nSPS) is 18.2. The number of hydrogen-bond donors (Lipinski definition) is 1. The third-order valence-electron chi connectivity index (χ3n) is 4.68. The molecule has 23 heavy (non-hydrogen) atoms. The smallest absolute Gasteiger partial charge is 0.253 e. The van der Waals surface area contributed by atoms with Crippen molar-refractivity contribution >= 4 is 17.5 Å². The predicted octanol–water partition coefficient (Wildman–Crippen LogP) is 2.89. The van der Waals surface area contributed by atoms with Crippen LogP contribution in [0.1, 0.15) is 37.0 Å². The fourth-order valence-electron chi connectivity index (χ4n) is 3.09. The zero-order chi connectivity index (χ0) is 17.0. The molecule has 2 rings (SSSR count). The molecule has 0 radical (unpaired) electrons. The first-order chi connectivity index (χ1) is 10.9. The minimum absolute atomic E-state index is 0.0254. The predicted molar refractivity (Wildman–Crippen MR) is 93.9 cm³/mol. The molecule has 0 unspecified atom stereocenters. The van der Waals surface area contributed by atoms with E-state index in [-0.39, 0.29) is 18.1 Å². The van der Waals surface area contributed by atoms with E-state index in [2.05, 4.69) is 18.7 Å². The van der Waals surface area contributed by atoms with Gasteiger partial charge in [-0.25, -0.2) is 0 Å². The lowest BCUT2D eigenvalue weighted by molar-refractivity contribution is 0.0474. The average molecular weight is 339 g/mol. The van der Waals surface area contributed by atoms with Crippen LogP contribution in [-0.2, 0) is 0 Å². The molecule has 1 aromatic rings. The standard InChI is InChI=1S/C18H27ClN2O2/c1-13(2)17(12-21-10-8-16(22)9-11-21)20(3)18(23)14-4-6-15(19)7-5-14/h4-7,13,16-17,22H,8-12H2,1-3H3/t17-/m1/s1. The molecule has 128 valence electrons. The van der Waals surface area contributed by atoms with E-state index in [1.807, 2.05) is 11.9 Å². The van der Waals surface area contributed by atoms with Gasteiger partial charge in [0.1, 0.15) is 0 Å². The first kappa shape index (κ1) is 18.2. The highest BCUT2D eigenvalue weighted by atomic mass is 35.5. The van der Waals surface area contributed by atoms with Crippen LogP contribution in [0.3, 0.4) is 0 Å². The Morgan fingerprint density at radius 2 is 1.87 bits per heavy atom. The molecule has 0 aromatic heterocycles. The molecule has 0 saturated carbocycles. The maximum Gasteiger partial charge on any atom is 0.253 e. The van der Waals surface area contributed by atoms with Gasteiger partial charge in [-0.05, 0) is 43.0 Å². The zero-order valence-electron chi connectivity index (χ0n) is 14.2. The number of halogens is 1. The summed E-state index contributed by atoms with van der Waals surface area (Å²) < 4.78 is 0. The number of carbonyl (C=O) groups is 1. The van der Waals surface area contributed by atoms with E-state index >= 15 is 0 Å². The molecule has 1 atom stereocenters. The van der Waals surface area contributed by atoms with Gasteiger partial charge >= 0.3 is 0 Å². The highest BCUT2D eigenvalue weighted by Gasteiger charge is 2.27. The first-order valence-electron chi connectivity index (χ1n) is 8.31. The monoisotopic (exact) mass is 338 g/mol. The van der Waals surface area contributed by atoms with Gasteiger partial charge in [-0.2, -0.15) is 0 Å². The fourth-order valence-corrected chi connectivity index (χ4v) is 3.22. The van der Waals surface area contributed by atoms with Crippen molar-refractivity contribution in [2.45, 2.75) is 38.8 Å². The number of piperidine rings is 1. The zero-order valence-corrected chi connectivity index (χ0v) is 15.0. The van der Waals surface area contributed by atoms with E-state index in [1.54, 1.807) is 24.3 Å². The third-order valence-corrected chi connectivity index (χ3v) is 4.93. The Bertz CT molecular complexity index is 510. The number of likely N-dealkylation sites (N-methyl/N-ethyl adjacent to an activating group) is 1. The molecule has 5 heteroatoms. The largest absolute Gasteiger partial charge is 0.393 e. The number of nitrogens with zero attached hydrogens (tertiary/aromatic N) is 2. The summed E-state index contributed by atoms with van der Waals surface area (Å²) in [6, 6.07) is 7.19. The molecule has 0 bridgehead atoms. The Hall–Kier alpha value is -1.10. The lowest BCUT2D eigenvalue weighted by Gasteiger charge is -2.38. The van der Waals surface area contributed by atoms with Crippen molar-refractivity contribution in [1.82, 2.24) is 9.80 Å². The van der Waals surface area contributed by atoms with Crippen LogP contribution in [-0.4, -0.2) is 59.6 Å². The number of aliphatic hydroxyl groups is 1. The van der Waals surface area contributed by atoms with Crippen LogP contribution in [0.15, 0.2) is 24.3 Å². The van der Waals surface area contributed by atoms with Crippen LogP contribution in [0.2, 0.25) is 5.02 Å². The lowest BCUT2D eigenvalue weighted by atomic mass is 9.99. The van der Waals surface area contributed by atoms with E-state index in [0.29, 0.717) is 16.5 Å². The Kier molecular flexibility index (Phi) is 6.45. The molecule has 1 amide bonds. The van der Waals surface area contributed by atoms with Crippen molar-refractivity contribution in [2.24, 2.45) is 5.92 Å². The van der Waals surface area contributed by atoms with Crippen LogP contribution in [0.25, 0.3) is 0 Å². The second-order valence-electron chi connectivity index (χ2n) is 6.77. The molecular weight excluding hydrogens is 312 g/mol. The van der Waals surface area contributed by atoms with Crippen molar-refractivity contribution in [1.29, 1.82) is 0 Å². The Morgan fingerprint density at radius 3 is 2.39 bits per heavy atom. The summed E-state index contributed by atoms with van der Waals surface area (Å²) in [6.07, 6.45) is 1.47. The van der Waals surface area contributed by atoms with Crippen LogP contribution in [0, 0.1) is 5.92 Å². The van der Waals surface area contributed by atoms with Crippen molar-refractivity contribution in [2.75, 3.05) is 26.7 Å². The van der Waals surface area contributed by atoms with Crippen molar-refractivity contribution in [3.63, 3.8) is 0 Å². The quantitative estimate of drug-likeness (QED) is 0.897. The Morgan fingerprint density at radius 1 is 1.30 bits per heavy atom. The van der Waals surface area contributed by atoms with Gasteiger partial charge in [0.2, 0.25) is 0 Å². The van der Waals surface area contributed by atoms with Crippen molar-refractivity contribution in [3.05, 3.63) is 34.9 Å². The summed E-state index contributed by atoms with van der Waals surface area (Å²) in [4.78, 5) is 16.9. The molecule has 1 saturated heterocycles. The van der Waals surface area contributed by atoms with E-state index in [0.717, 1.165) is 32.5 Å². The van der Waals surface area contributed by atoms with Gasteiger partial charge in [0.15, 0.2) is 0 Å². The van der Waals surface area contributed by atoms with Gasteiger partial charge < -0.3 is 14.9 Å². The van der Waals surface area contributed by atoms with Gasteiger partial charge in [-0.15, -0.1) is 0 Å². The average Bonchev–Trinajstić information content (AvgIpc) is 2.53. The minimum Gasteiger partial charge on any atom is -0.393 e. The third kappa shape index (κ3) is 4.93. The minimum atomic E-state index is -0.169. The van der Waals surface area contributed by atoms with E-state index in [9.17, 15) is 9.90 Å². The van der Waals surface area contributed by atoms with Crippen molar-refractivity contribution < 1.29 is 9.90 Å². The summed E-state index contributed by atoms with van der Waals surface area (Å²) in [5, 5.41) is 10.3. The second kappa shape index (κ2) is 8.13. The molecule has 0 spiro atoms. The maximum atomic E-state index is 12.7. The Balaban J connectivity index is 2.04. The fraction of sp³-hybridized carbons (Fsp3) is 0.611. The second-order valence-corrected chi connectivity index (χ2v) is 7.20. The number of aliphatic hydroxyl groups excluding tert-OH is 1. The molecule has 1 aromatic carbocycles. The maximum absolute atomic E-state index is 12.7. The van der Waals surface area contributed by atoms with Gasteiger partial charge in [0, 0.05) is 43.3 Å². The van der Waals surface area contributed by atoms with Gasteiger partial charge in [-0.3, -0.25) is 4.79 Å². The summed E-state index contributed by atoms with van der Waals surface area (Å²) in [5.74, 6) is 0.389. The number of hydrogen-bond acceptors (Lipinski definition) is 3. The van der Waals surface area contributed by atoms with Gasteiger partial charge in [0.05, 0.1) is 6.10 Å². The molecule has 1 aliphatic rings. The number of likely N-dealkylation sites (tertiary alicyclic amines) is 1. The Labute approximate surface area is 144 Å². The molecule has 1 N–H and O–H groups in total.